The van der Waals surface area contributed by atoms with Gasteiger partial charge in [-0.3, -0.25) is 0 Å². The van der Waals surface area contributed by atoms with Crippen LogP contribution in [0.15, 0.2) is 24.3 Å². The topological polar surface area (TPSA) is 61.4 Å². The largest absolute Gasteiger partial charge is 0.388 e. The molecule has 1 aromatic carbocycles. The average Bonchev–Trinajstić information content (AvgIpc) is 2.95. The molecule has 0 bridgehead atoms. The number of urea groups is 1. The number of hydrogen-bond acceptors (Lipinski definition) is 3. The minimum Gasteiger partial charge on any atom is -0.388 e. The van der Waals surface area contributed by atoms with Crippen molar-refractivity contribution in [1.29, 1.82) is 0 Å². The third kappa shape index (κ3) is 5.70. The molecule has 4 atom stereocenters. The van der Waals surface area contributed by atoms with Crippen LogP contribution in [0.2, 0.25) is 0 Å². The van der Waals surface area contributed by atoms with E-state index in [9.17, 15) is 14.3 Å². The Morgan fingerprint density at radius 1 is 1.39 bits per heavy atom. The van der Waals surface area contributed by atoms with Crippen LogP contribution in [0, 0.1) is 5.82 Å². The summed E-state index contributed by atoms with van der Waals surface area (Å²) in [5.74, 6) is -0.327. The quantitative estimate of drug-likeness (QED) is 0.745. The highest BCUT2D eigenvalue weighted by Gasteiger charge is 2.25. The molecule has 0 aromatic heterocycles. The Balaban J connectivity index is 1.74. The van der Waals surface area contributed by atoms with Crippen molar-refractivity contribution in [3.63, 3.8) is 0 Å². The van der Waals surface area contributed by atoms with E-state index >= 15 is 0 Å². The van der Waals surface area contributed by atoms with E-state index in [2.05, 4.69) is 16.9 Å². The molecule has 6 heteroatoms. The van der Waals surface area contributed by atoms with Gasteiger partial charge < -0.3 is 15.7 Å². The van der Waals surface area contributed by atoms with E-state index in [1.807, 2.05) is 18.7 Å². The number of carbonyl (C=O) groups is 1. The van der Waals surface area contributed by atoms with Crippen LogP contribution in [0.25, 0.3) is 0 Å². The molecule has 3 N–H and O–H groups in total. The number of amides is 2. The fourth-order valence-corrected chi connectivity index (χ4v) is 3.75. The molecular formula is C17H25FN2O2S. The molecule has 1 aliphatic carbocycles. The molecule has 1 aliphatic rings. The normalized spacial score (nSPS) is 23.3. The van der Waals surface area contributed by atoms with E-state index in [1.165, 1.54) is 12.1 Å². The molecule has 4 nitrogen and oxygen atoms in total. The van der Waals surface area contributed by atoms with Gasteiger partial charge in [-0.25, -0.2) is 9.18 Å². The maximum atomic E-state index is 12.9. The Hall–Kier alpha value is -1.27. The van der Waals surface area contributed by atoms with Crippen LogP contribution in [0.3, 0.4) is 0 Å². The van der Waals surface area contributed by atoms with Crippen molar-refractivity contribution in [2.24, 2.45) is 0 Å². The average molecular weight is 340 g/mol. The zero-order chi connectivity index (χ0) is 16.8. The van der Waals surface area contributed by atoms with Crippen molar-refractivity contribution in [1.82, 2.24) is 10.6 Å². The molecule has 23 heavy (non-hydrogen) atoms. The molecule has 0 saturated heterocycles. The summed E-state index contributed by atoms with van der Waals surface area (Å²) >= 11 is 1.85. The standard InChI is InChI=1S/C17H25FN2O2S/c1-11(9-16(21)12-3-5-13(18)6-4-12)19-17(22)20-14-7-8-15(10-14)23-2/h3-6,11,14-16,21H,7-10H2,1-2H3,(H2,19,20,22). The number of aliphatic hydroxyl groups is 1. The molecule has 2 amide bonds. The molecule has 1 aromatic rings. The highest BCUT2D eigenvalue weighted by Crippen LogP contribution is 2.28. The van der Waals surface area contributed by atoms with Gasteiger partial charge in [0.25, 0.3) is 0 Å². The van der Waals surface area contributed by atoms with Gasteiger partial charge in [-0.1, -0.05) is 12.1 Å². The summed E-state index contributed by atoms with van der Waals surface area (Å²) in [6.45, 7) is 1.85. The first-order valence-electron chi connectivity index (χ1n) is 8.01. The number of carbonyl (C=O) groups excluding carboxylic acids is 1. The van der Waals surface area contributed by atoms with Crippen molar-refractivity contribution in [2.45, 2.75) is 56.0 Å². The molecule has 4 unspecified atom stereocenters. The van der Waals surface area contributed by atoms with Crippen molar-refractivity contribution in [2.75, 3.05) is 6.26 Å². The molecule has 0 aliphatic heterocycles. The fraction of sp³-hybridized carbons (Fsp3) is 0.588. The zero-order valence-electron chi connectivity index (χ0n) is 13.6. The monoisotopic (exact) mass is 340 g/mol. The minimum atomic E-state index is -0.724. The molecular weight excluding hydrogens is 315 g/mol. The number of benzene rings is 1. The summed E-state index contributed by atoms with van der Waals surface area (Å²) in [6.07, 6.45) is 4.94. The molecule has 1 fully saturated rings. The van der Waals surface area contributed by atoms with Gasteiger partial charge in [-0.05, 0) is 56.6 Å². The lowest BCUT2D eigenvalue weighted by Crippen LogP contribution is -2.45. The smallest absolute Gasteiger partial charge is 0.315 e. The van der Waals surface area contributed by atoms with Crippen molar-refractivity contribution in [3.05, 3.63) is 35.6 Å². The number of aliphatic hydroxyl groups excluding tert-OH is 1. The van der Waals surface area contributed by atoms with Gasteiger partial charge >= 0.3 is 6.03 Å². The lowest BCUT2D eigenvalue weighted by atomic mass is 10.0. The van der Waals surface area contributed by atoms with Gasteiger partial charge in [0, 0.05) is 17.3 Å². The summed E-state index contributed by atoms with van der Waals surface area (Å²) in [4.78, 5) is 12.0. The maximum Gasteiger partial charge on any atom is 0.315 e. The first kappa shape index (κ1) is 18.1. The number of hydrogen-bond donors (Lipinski definition) is 3. The van der Waals surface area contributed by atoms with Crippen LogP contribution in [0.4, 0.5) is 9.18 Å². The summed E-state index contributed by atoms with van der Waals surface area (Å²) < 4.78 is 12.9. The first-order chi connectivity index (χ1) is 11.0. The number of thioether (sulfide) groups is 1. The van der Waals surface area contributed by atoms with Gasteiger partial charge in [0.1, 0.15) is 5.82 Å². The predicted molar refractivity (Wildman–Crippen MR) is 92.0 cm³/mol. The lowest BCUT2D eigenvalue weighted by molar-refractivity contribution is 0.154. The highest BCUT2D eigenvalue weighted by molar-refractivity contribution is 7.99. The minimum absolute atomic E-state index is 0.173. The second kappa shape index (κ2) is 8.55. The number of rotatable bonds is 6. The van der Waals surface area contributed by atoms with Crippen LogP contribution in [-0.4, -0.2) is 34.7 Å². The summed E-state index contributed by atoms with van der Waals surface area (Å²) in [5.41, 5.74) is 0.652. The van der Waals surface area contributed by atoms with E-state index in [-0.39, 0.29) is 23.9 Å². The van der Waals surface area contributed by atoms with E-state index in [4.69, 9.17) is 0 Å². The summed E-state index contributed by atoms with van der Waals surface area (Å²) in [5, 5.41) is 16.6. The second-order valence-corrected chi connectivity index (χ2v) is 7.33. The van der Waals surface area contributed by atoms with Crippen LogP contribution < -0.4 is 10.6 Å². The molecule has 1 saturated carbocycles. The number of halogens is 1. The van der Waals surface area contributed by atoms with Crippen LogP contribution in [0.5, 0.6) is 0 Å². The van der Waals surface area contributed by atoms with Gasteiger partial charge in [0.15, 0.2) is 0 Å². The third-order valence-electron chi connectivity index (χ3n) is 4.26. The van der Waals surface area contributed by atoms with Gasteiger partial charge in [-0.2, -0.15) is 11.8 Å². The lowest BCUT2D eigenvalue weighted by Gasteiger charge is -2.20. The Kier molecular flexibility index (Phi) is 6.72. The number of nitrogens with one attached hydrogen (secondary N) is 2. The Labute approximate surface area is 141 Å². The van der Waals surface area contributed by atoms with E-state index < -0.39 is 6.10 Å². The van der Waals surface area contributed by atoms with Crippen molar-refractivity contribution in [3.8, 4) is 0 Å². The SMILES string of the molecule is CSC1CCC(NC(=O)NC(C)CC(O)c2ccc(F)cc2)C1. The van der Waals surface area contributed by atoms with Crippen molar-refractivity contribution < 1.29 is 14.3 Å². The third-order valence-corrected chi connectivity index (χ3v) is 5.36. The summed E-state index contributed by atoms with van der Waals surface area (Å²) in [7, 11) is 0. The van der Waals surface area contributed by atoms with Gasteiger partial charge in [0.2, 0.25) is 0 Å². The fourth-order valence-electron chi connectivity index (χ4n) is 2.95. The first-order valence-corrected chi connectivity index (χ1v) is 9.30. The highest BCUT2D eigenvalue weighted by atomic mass is 32.2. The van der Waals surface area contributed by atoms with Crippen LogP contribution in [0.1, 0.15) is 44.3 Å². The maximum absolute atomic E-state index is 12.9. The van der Waals surface area contributed by atoms with Crippen molar-refractivity contribution >= 4 is 17.8 Å². The predicted octanol–water partition coefficient (Wildman–Crippen LogP) is 3.22. The Morgan fingerprint density at radius 3 is 2.70 bits per heavy atom. The molecule has 128 valence electrons. The Bertz CT molecular complexity index is 512. The molecule has 0 spiro atoms. The van der Waals surface area contributed by atoms with E-state index in [0.717, 1.165) is 19.3 Å². The van der Waals surface area contributed by atoms with E-state index in [0.29, 0.717) is 17.2 Å². The second-order valence-electron chi connectivity index (χ2n) is 6.19. The molecule has 0 heterocycles. The van der Waals surface area contributed by atoms with Gasteiger partial charge in [-0.15, -0.1) is 0 Å². The molecule has 0 radical (unpaired) electrons. The van der Waals surface area contributed by atoms with E-state index in [1.54, 1.807) is 12.1 Å². The van der Waals surface area contributed by atoms with Crippen LogP contribution >= 0.6 is 11.8 Å². The zero-order valence-corrected chi connectivity index (χ0v) is 14.4. The Morgan fingerprint density at radius 2 is 2.09 bits per heavy atom. The van der Waals surface area contributed by atoms with Crippen LogP contribution in [-0.2, 0) is 0 Å². The molecule has 2 rings (SSSR count). The van der Waals surface area contributed by atoms with Gasteiger partial charge in [0.05, 0.1) is 6.10 Å². The summed E-state index contributed by atoms with van der Waals surface area (Å²) in [6, 6.07) is 5.66.